The molecule has 18 heavy (non-hydrogen) atoms. The van der Waals surface area contributed by atoms with Gasteiger partial charge in [0, 0.05) is 17.8 Å². The predicted molar refractivity (Wildman–Crippen MR) is 76.0 cm³/mol. The first-order valence-corrected chi connectivity index (χ1v) is 6.51. The van der Waals surface area contributed by atoms with E-state index in [-0.39, 0.29) is 6.04 Å². The van der Waals surface area contributed by atoms with Crippen molar-refractivity contribution >= 4 is 6.21 Å². The first-order valence-electron chi connectivity index (χ1n) is 6.51. The van der Waals surface area contributed by atoms with Crippen LogP contribution in [0.4, 0.5) is 0 Å². The highest BCUT2D eigenvalue weighted by Crippen LogP contribution is 2.28. The van der Waals surface area contributed by atoms with Gasteiger partial charge in [-0.05, 0) is 44.4 Å². The van der Waals surface area contributed by atoms with Crippen molar-refractivity contribution in [1.82, 2.24) is 0 Å². The van der Waals surface area contributed by atoms with Crippen LogP contribution < -0.4 is 4.74 Å². The van der Waals surface area contributed by atoms with Gasteiger partial charge in [0.05, 0.1) is 7.11 Å². The van der Waals surface area contributed by atoms with Gasteiger partial charge in [-0.2, -0.15) is 0 Å². The zero-order valence-electron chi connectivity index (χ0n) is 11.7. The van der Waals surface area contributed by atoms with Crippen LogP contribution in [0.3, 0.4) is 0 Å². The molecule has 0 atom stereocenters. The molecule has 100 valence electrons. The molecule has 0 radical (unpaired) electrons. The highest BCUT2D eigenvalue weighted by molar-refractivity contribution is 5.85. The number of aliphatic imine (C=N–C) groups is 1. The number of methoxy groups -OCH3 is 1. The summed E-state index contributed by atoms with van der Waals surface area (Å²) < 4.78 is 5.26. The van der Waals surface area contributed by atoms with Crippen molar-refractivity contribution in [1.29, 1.82) is 0 Å². The average Bonchev–Trinajstić information content (AvgIpc) is 2.35. The van der Waals surface area contributed by atoms with E-state index in [0.717, 1.165) is 36.1 Å². The lowest BCUT2D eigenvalue weighted by Crippen LogP contribution is -1.96. The number of benzene rings is 1. The summed E-state index contributed by atoms with van der Waals surface area (Å²) in [6, 6.07) is 3.93. The van der Waals surface area contributed by atoms with Crippen molar-refractivity contribution in [3.63, 3.8) is 0 Å². The fourth-order valence-corrected chi connectivity index (χ4v) is 1.69. The van der Waals surface area contributed by atoms with E-state index in [1.165, 1.54) is 0 Å². The maximum Gasteiger partial charge on any atom is 0.127 e. The molecule has 1 aromatic carbocycles. The van der Waals surface area contributed by atoms with Crippen molar-refractivity contribution in [2.75, 3.05) is 7.11 Å². The molecule has 0 aliphatic heterocycles. The number of rotatable bonds is 6. The van der Waals surface area contributed by atoms with Gasteiger partial charge >= 0.3 is 0 Å². The first-order chi connectivity index (χ1) is 8.58. The third-order valence-corrected chi connectivity index (χ3v) is 2.74. The van der Waals surface area contributed by atoms with E-state index in [4.69, 9.17) is 4.74 Å². The van der Waals surface area contributed by atoms with Crippen molar-refractivity contribution < 1.29 is 9.84 Å². The van der Waals surface area contributed by atoms with E-state index in [1.54, 1.807) is 13.3 Å². The van der Waals surface area contributed by atoms with E-state index in [2.05, 4.69) is 11.9 Å². The summed E-state index contributed by atoms with van der Waals surface area (Å²) in [5.74, 6) is 1.10. The molecule has 0 aromatic heterocycles. The van der Waals surface area contributed by atoms with E-state index >= 15 is 0 Å². The molecule has 1 rings (SSSR count). The monoisotopic (exact) mass is 249 g/mol. The molecule has 0 fully saturated rings. The summed E-state index contributed by atoms with van der Waals surface area (Å²) >= 11 is 0. The summed E-state index contributed by atoms with van der Waals surface area (Å²) in [7, 11) is 1.64. The molecule has 1 aromatic rings. The van der Waals surface area contributed by atoms with Crippen LogP contribution in [-0.4, -0.2) is 24.5 Å². The number of hydrogen-bond donors (Lipinski definition) is 1. The van der Waals surface area contributed by atoms with Crippen molar-refractivity contribution in [2.45, 2.75) is 46.1 Å². The number of phenols is 1. The zero-order valence-corrected chi connectivity index (χ0v) is 11.7. The highest BCUT2D eigenvalue weighted by atomic mass is 16.5. The van der Waals surface area contributed by atoms with Crippen LogP contribution in [0.25, 0.3) is 0 Å². The molecule has 0 aliphatic carbocycles. The van der Waals surface area contributed by atoms with Crippen LogP contribution in [0.15, 0.2) is 17.1 Å². The van der Waals surface area contributed by atoms with Crippen LogP contribution in [-0.2, 0) is 6.42 Å². The molecule has 0 saturated carbocycles. The van der Waals surface area contributed by atoms with E-state index in [1.807, 2.05) is 26.0 Å². The molecule has 1 N–H and O–H groups in total. The third kappa shape index (κ3) is 4.06. The topological polar surface area (TPSA) is 41.8 Å². The Bertz CT molecular complexity index is 411. The normalized spacial score (nSPS) is 11.4. The highest BCUT2D eigenvalue weighted by Gasteiger charge is 2.09. The second kappa shape index (κ2) is 7.04. The quantitative estimate of drug-likeness (QED) is 0.783. The van der Waals surface area contributed by atoms with E-state index in [9.17, 15) is 5.11 Å². The molecule has 0 bridgehead atoms. The lowest BCUT2D eigenvalue weighted by Gasteiger charge is -2.10. The van der Waals surface area contributed by atoms with Gasteiger partial charge in [-0.15, -0.1) is 0 Å². The van der Waals surface area contributed by atoms with Crippen LogP contribution in [0.5, 0.6) is 11.5 Å². The molecule has 0 heterocycles. The SMILES string of the molecule is CCCCc1cc(OC)cc(C=NC(C)C)c1O. The van der Waals surface area contributed by atoms with Crippen molar-refractivity contribution in [2.24, 2.45) is 4.99 Å². The minimum atomic E-state index is 0.217. The van der Waals surface area contributed by atoms with Gasteiger partial charge in [-0.25, -0.2) is 0 Å². The summed E-state index contributed by atoms with van der Waals surface area (Å²) in [6.07, 6.45) is 4.74. The minimum Gasteiger partial charge on any atom is -0.507 e. The molecule has 0 unspecified atom stereocenters. The Balaban J connectivity index is 3.07. The Labute approximate surface area is 110 Å². The van der Waals surface area contributed by atoms with Crippen molar-refractivity contribution in [3.05, 3.63) is 23.3 Å². The summed E-state index contributed by atoms with van der Waals surface area (Å²) in [6.45, 7) is 6.15. The smallest absolute Gasteiger partial charge is 0.127 e. The van der Waals surface area contributed by atoms with Crippen LogP contribution in [0.1, 0.15) is 44.7 Å². The fraction of sp³-hybridized carbons (Fsp3) is 0.533. The van der Waals surface area contributed by atoms with Gasteiger partial charge in [0.1, 0.15) is 11.5 Å². The zero-order chi connectivity index (χ0) is 13.5. The van der Waals surface area contributed by atoms with Gasteiger partial charge in [0.25, 0.3) is 0 Å². The van der Waals surface area contributed by atoms with E-state index in [0.29, 0.717) is 5.75 Å². The Kier molecular flexibility index (Phi) is 5.69. The molecule has 0 amide bonds. The molecule has 0 spiro atoms. The second-order valence-electron chi connectivity index (χ2n) is 4.70. The molecule has 0 saturated heterocycles. The number of ether oxygens (including phenoxy) is 1. The van der Waals surface area contributed by atoms with E-state index < -0.39 is 0 Å². The summed E-state index contributed by atoms with van der Waals surface area (Å²) in [5.41, 5.74) is 1.66. The molecule has 0 aliphatic rings. The fourth-order valence-electron chi connectivity index (χ4n) is 1.69. The largest absolute Gasteiger partial charge is 0.507 e. The molecular formula is C15H23NO2. The van der Waals surface area contributed by atoms with Crippen LogP contribution >= 0.6 is 0 Å². The minimum absolute atomic E-state index is 0.217. The third-order valence-electron chi connectivity index (χ3n) is 2.74. The van der Waals surface area contributed by atoms with Gasteiger partial charge in [-0.3, -0.25) is 4.99 Å². The lowest BCUT2D eigenvalue weighted by molar-refractivity contribution is 0.410. The average molecular weight is 249 g/mol. The van der Waals surface area contributed by atoms with Crippen molar-refractivity contribution in [3.8, 4) is 11.5 Å². The number of nitrogens with zero attached hydrogens (tertiary/aromatic N) is 1. The number of aromatic hydroxyl groups is 1. The Hall–Kier alpha value is -1.51. The number of phenolic OH excluding ortho intramolecular Hbond substituents is 1. The second-order valence-corrected chi connectivity index (χ2v) is 4.70. The Morgan fingerprint density at radius 3 is 2.67 bits per heavy atom. The maximum absolute atomic E-state index is 10.2. The van der Waals surface area contributed by atoms with Gasteiger partial charge < -0.3 is 9.84 Å². The first kappa shape index (κ1) is 14.6. The summed E-state index contributed by atoms with van der Waals surface area (Å²) in [5, 5.41) is 10.2. The lowest BCUT2D eigenvalue weighted by atomic mass is 10.0. The predicted octanol–water partition coefficient (Wildman–Crippen LogP) is 3.57. The maximum atomic E-state index is 10.2. The number of aryl methyl sites for hydroxylation is 1. The summed E-state index contributed by atoms with van der Waals surface area (Å²) in [4.78, 5) is 4.31. The van der Waals surface area contributed by atoms with Gasteiger partial charge in [0.15, 0.2) is 0 Å². The standard InChI is InChI=1S/C15H23NO2/c1-5-6-7-12-8-14(18-4)9-13(15(12)17)10-16-11(2)3/h8-11,17H,5-7H2,1-4H3. The van der Waals surface area contributed by atoms with Gasteiger partial charge in [-0.1, -0.05) is 13.3 Å². The molecular weight excluding hydrogens is 226 g/mol. The van der Waals surface area contributed by atoms with Crippen LogP contribution in [0.2, 0.25) is 0 Å². The molecule has 3 nitrogen and oxygen atoms in total. The van der Waals surface area contributed by atoms with Crippen LogP contribution in [0, 0.1) is 0 Å². The Morgan fingerprint density at radius 2 is 2.11 bits per heavy atom. The number of hydrogen-bond acceptors (Lipinski definition) is 3. The molecule has 3 heteroatoms. The Morgan fingerprint density at radius 1 is 1.39 bits per heavy atom. The van der Waals surface area contributed by atoms with Gasteiger partial charge in [0.2, 0.25) is 0 Å². The number of unbranched alkanes of at least 4 members (excludes halogenated alkanes) is 1.